The highest BCUT2D eigenvalue weighted by atomic mass is 16.5. The van der Waals surface area contributed by atoms with Crippen LogP contribution in [-0.2, 0) is 9.59 Å². The Bertz CT molecular complexity index is 1280. The summed E-state index contributed by atoms with van der Waals surface area (Å²) in [5.74, 6) is -0.399. The lowest BCUT2D eigenvalue weighted by Crippen LogP contribution is -2.38. The summed E-state index contributed by atoms with van der Waals surface area (Å²) in [5, 5.41) is 7.19. The molecule has 4 rings (SSSR count). The number of ether oxygens (including phenoxy) is 1. The van der Waals surface area contributed by atoms with Gasteiger partial charge in [0.15, 0.2) is 0 Å². The fraction of sp³-hybridized carbons (Fsp3) is 0.222. The second-order valence-corrected chi connectivity index (χ2v) is 8.33. The molecule has 7 nitrogen and oxygen atoms in total. The van der Waals surface area contributed by atoms with Gasteiger partial charge in [-0.2, -0.15) is 0 Å². The predicted molar refractivity (Wildman–Crippen MR) is 132 cm³/mol. The summed E-state index contributed by atoms with van der Waals surface area (Å²) in [6, 6.07) is 18.2. The number of nitrogens with zero attached hydrogens (tertiary/aromatic N) is 1. The normalized spacial score (nSPS) is 15.5. The van der Waals surface area contributed by atoms with Crippen LogP contribution < -0.4 is 15.4 Å². The predicted octanol–water partition coefficient (Wildman–Crippen LogP) is 4.86. The molecule has 174 valence electrons. The van der Waals surface area contributed by atoms with Crippen LogP contribution in [0.15, 0.2) is 66.4 Å². The molecule has 1 unspecified atom stereocenters. The average Bonchev–Trinajstić information content (AvgIpc) is 3.09. The lowest BCUT2D eigenvalue weighted by Gasteiger charge is -2.17. The summed E-state index contributed by atoms with van der Waals surface area (Å²) >= 11 is 0. The maximum atomic E-state index is 13.0. The zero-order valence-electron chi connectivity index (χ0n) is 19.4. The Balaban J connectivity index is 1.60. The van der Waals surface area contributed by atoms with Gasteiger partial charge in [-0.1, -0.05) is 55.0 Å². The van der Waals surface area contributed by atoms with Crippen molar-refractivity contribution in [1.29, 1.82) is 0 Å². The third-order valence-corrected chi connectivity index (χ3v) is 5.72. The zero-order valence-corrected chi connectivity index (χ0v) is 19.4. The van der Waals surface area contributed by atoms with Crippen LogP contribution >= 0.6 is 0 Å². The minimum Gasteiger partial charge on any atom is -0.490 e. The number of fused-ring (bicyclic) bond motifs is 1. The van der Waals surface area contributed by atoms with E-state index < -0.39 is 17.8 Å². The first-order valence-corrected chi connectivity index (χ1v) is 11.2. The summed E-state index contributed by atoms with van der Waals surface area (Å²) in [7, 11) is 0. The molecule has 3 aromatic carbocycles. The summed E-state index contributed by atoms with van der Waals surface area (Å²) in [5.41, 5.74) is 2.46. The van der Waals surface area contributed by atoms with Crippen molar-refractivity contribution in [3.63, 3.8) is 0 Å². The highest BCUT2D eigenvalue weighted by Gasteiger charge is 2.35. The molecule has 0 aliphatic carbocycles. The van der Waals surface area contributed by atoms with E-state index in [0.29, 0.717) is 17.0 Å². The fourth-order valence-electron chi connectivity index (χ4n) is 3.67. The maximum absolute atomic E-state index is 13.0. The lowest BCUT2D eigenvalue weighted by atomic mass is 10.0. The summed E-state index contributed by atoms with van der Waals surface area (Å²) in [6.07, 6.45) is 2.43. The van der Waals surface area contributed by atoms with Crippen LogP contribution in [-0.4, -0.2) is 35.4 Å². The number of rotatable bonds is 7. The van der Waals surface area contributed by atoms with E-state index in [1.165, 1.54) is 0 Å². The lowest BCUT2D eigenvalue weighted by molar-refractivity contribution is -0.127. The number of anilines is 1. The van der Waals surface area contributed by atoms with Crippen molar-refractivity contribution in [1.82, 2.24) is 10.2 Å². The number of nitrogens with one attached hydrogen (secondary N) is 2. The van der Waals surface area contributed by atoms with Gasteiger partial charge < -0.3 is 15.4 Å². The van der Waals surface area contributed by atoms with Crippen molar-refractivity contribution in [3.8, 4) is 5.75 Å². The molecule has 1 heterocycles. The largest absolute Gasteiger partial charge is 0.490 e. The highest BCUT2D eigenvalue weighted by Crippen LogP contribution is 2.32. The SMILES string of the molecule is CCC(C)Oc1ccc2ccccc2c1/C=C1\NC(=O)N(CC(=O)Nc2ccc(C)cc2)C1=O. The summed E-state index contributed by atoms with van der Waals surface area (Å²) < 4.78 is 6.09. The Labute approximate surface area is 198 Å². The van der Waals surface area contributed by atoms with Crippen molar-refractivity contribution in [2.24, 2.45) is 0 Å². The van der Waals surface area contributed by atoms with Crippen molar-refractivity contribution in [2.45, 2.75) is 33.3 Å². The van der Waals surface area contributed by atoms with Crippen LogP contribution in [0.2, 0.25) is 0 Å². The number of benzene rings is 3. The Morgan fingerprint density at radius 3 is 2.56 bits per heavy atom. The van der Waals surface area contributed by atoms with E-state index in [0.717, 1.165) is 27.7 Å². The molecule has 7 heteroatoms. The average molecular weight is 458 g/mol. The minimum absolute atomic E-state index is 0.0193. The fourth-order valence-corrected chi connectivity index (χ4v) is 3.67. The van der Waals surface area contributed by atoms with Gasteiger partial charge in [0, 0.05) is 11.3 Å². The summed E-state index contributed by atoms with van der Waals surface area (Å²) in [6.45, 7) is 5.57. The van der Waals surface area contributed by atoms with Crippen molar-refractivity contribution in [2.75, 3.05) is 11.9 Å². The molecule has 34 heavy (non-hydrogen) atoms. The molecule has 4 amide bonds. The Morgan fingerprint density at radius 1 is 1.09 bits per heavy atom. The van der Waals surface area contributed by atoms with Gasteiger partial charge in [-0.15, -0.1) is 0 Å². The maximum Gasteiger partial charge on any atom is 0.329 e. The topological polar surface area (TPSA) is 87.7 Å². The van der Waals surface area contributed by atoms with Crippen molar-refractivity contribution in [3.05, 3.63) is 77.5 Å². The van der Waals surface area contributed by atoms with Crippen LogP contribution in [0.25, 0.3) is 16.8 Å². The number of hydrogen-bond acceptors (Lipinski definition) is 4. The van der Waals surface area contributed by atoms with Gasteiger partial charge in [0.1, 0.15) is 18.0 Å². The number of carbonyl (C=O) groups is 3. The van der Waals surface area contributed by atoms with E-state index in [9.17, 15) is 14.4 Å². The molecular weight excluding hydrogens is 430 g/mol. The first-order valence-electron chi connectivity index (χ1n) is 11.2. The number of urea groups is 1. The summed E-state index contributed by atoms with van der Waals surface area (Å²) in [4.78, 5) is 38.9. The molecule has 1 atom stereocenters. The monoisotopic (exact) mass is 457 g/mol. The number of carbonyl (C=O) groups excluding carboxylic acids is 3. The van der Waals surface area contributed by atoms with Gasteiger partial charge in [0.05, 0.1) is 6.10 Å². The first-order chi connectivity index (χ1) is 16.4. The van der Waals surface area contributed by atoms with E-state index in [2.05, 4.69) is 10.6 Å². The molecule has 0 radical (unpaired) electrons. The number of amides is 4. The molecule has 1 aliphatic heterocycles. The Hall–Kier alpha value is -4.13. The Morgan fingerprint density at radius 2 is 1.82 bits per heavy atom. The molecule has 1 fully saturated rings. The minimum atomic E-state index is -0.639. The second-order valence-electron chi connectivity index (χ2n) is 8.33. The molecular formula is C27H27N3O4. The van der Waals surface area contributed by atoms with E-state index in [1.807, 2.05) is 69.3 Å². The number of imide groups is 1. The third-order valence-electron chi connectivity index (χ3n) is 5.72. The zero-order chi connectivity index (χ0) is 24.2. The van der Waals surface area contributed by atoms with Crippen LogP contribution in [0.4, 0.5) is 10.5 Å². The van der Waals surface area contributed by atoms with Gasteiger partial charge in [-0.05, 0) is 55.3 Å². The highest BCUT2D eigenvalue weighted by molar-refractivity contribution is 6.16. The molecule has 0 spiro atoms. The van der Waals surface area contributed by atoms with Gasteiger partial charge >= 0.3 is 6.03 Å². The van der Waals surface area contributed by atoms with Gasteiger partial charge in [0.2, 0.25) is 5.91 Å². The quantitative estimate of drug-likeness (QED) is 0.392. The van der Waals surface area contributed by atoms with E-state index >= 15 is 0 Å². The van der Waals surface area contributed by atoms with Gasteiger partial charge in [0.25, 0.3) is 5.91 Å². The smallest absolute Gasteiger partial charge is 0.329 e. The van der Waals surface area contributed by atoms with E-state index in [4.69, 9.17) is 4.74 Å². The van der Waals surface area contributed by atoms with E-state index in [-0.39, 0.29) is 18.3 Å². The molecule has 1 saturated heterocycles. The second kappa shape index (κ2) is 9.79. The third kappa shape index (κ3) is 4.93. The molecule has 1 aliphatic rings. The molecule has 0 saturated carbocycles. The van der Waals surface area contributed by atoms with Crippen LogP contribution in [0.3, 0.4) is 0 Å². The van der Waals surface area contributed by atoms with Crippen molar-refractivity contribution >= 4 is 40.4 Å². The van der Waals surface area contributed by atoms with Gasteiger partial charge in [-0.25, -0.2) is 9.69 Å². The number of aryl methyl sites for hydroxylation is 1. The van der Waals surface area contributed by atoms with E-state index in [1.54, 1.807) is 18.2 Å². The van der Waals surface area contributed by atoms with Crippen LogP contribution in [0.5, 0.6) is 5.75 Å². The van der Waals surface area contributed by atoms with Crippen molar-refractivity contribution < 1.29 is 19.1 Å². The van der Waals surface area contributed by atoms with Gasteiger partial charge in [-0.3, -0.25) is 9.59 Å². The van der Waals surface area contributed by atoms with Crippen LogP contribution in [0.1, 0.15) is 31.4 Å². The molecule has 0 bridgehead atoms. The van der Waals surface area contributed by atoms with Crippen LogP contribution in [0, 0.1) is 6.92 Å². The Kier molecular flexibility index (Phi) is 6.63. The number of hydrogen-bond donors (Lipinski definition) is 2. The molecule has 2 N–H and O–H groups in total. The first kappa shape index (κ1) is 23.0. The molecule has 3 aromatic rings. The standard InChI is InChI=1S/C27H27N3O4/c1-4-18(3)34-24-14-11-19-7-5-6-8-21(19)22(24)15-23-26(32)30(27(33)29-23)16-25(31)28-20-12-9-17(2)10-13-20/h5-15,18H,4,16H2,1-3H3,(H,28,31)(H,29,33)/b23-15-. The molecule has 0 aromatic heterocycles.